The molecule has 2 amide bonds. The Morgan fingerprint density at radius 3 is 2.52 bits per heavy atom. The van der Waals surface area contributed by atoms with E-state index < -0.39 is 16.1 Å². The number of amides is 2. The fraction of sp³-hybridized carbons (Fsp3) is 0.429. The molecular formula is C14H19N3O3S. The minimum Gasteiger partial charge on any atom is -0.335 e. The van der Waals surface area contributed by atoms with Crippen molar-refractivity contribution in [3.63, 3.8) is 0 Å². The summed E-state index contributed by atoms with van der Waals surface area (Å²) in [6, 6.07) is 5.56. The Morgan fingerprint density at radius 2 is 2.05 bits per heavy atom. The average molecular weight is 309 g/mol. The van der Waals surface area contributed by atoms with Crippen LogP contribution in [-0.2, 0) is 10.0 Å². The zero-order valence-corrected chi connectivity index (χ0v) is 13.4. The maximum absolute atomic E-state index is 12.6. The van der Waals surface area contributed by atoms with Crippen molar-refractivity contribution in [3.05, 3.63) is 29.3 Å². The van der Waals surface area contributed by atoms with Crippen molar-refractivity contribution in [3.8, 4) is 6.07 Å². The number of urea groups is 1. The Kier molecular flexibility index (Phi) is 5.33. The second-order valence-electron chi connectivity index (χ2n) is 4.83. The second-order valence-corrected chi connectivity index (χ2v) is 6.66. The molecule has 1 aromatic rings. The number of nitriles is 1. The summed E-state index contributed by atoms with van der Waals surface area (Å²) < 4.78 is 26.0. The van der Waals surface area contributed by atoms with Crippen LogP contribution in [0.1, 0.15) is 31.9 Å². The Hall–Kier alpha value is -2.07. The van der Waals surface area contributed by atoms with Crippen LogP contribution in [0.15, 0.2) is 23.1 Å². The van der Waals surface area contributed by atoms with E-state index in [1.54, 1.807) is 39.8 Å². The van der Waals surface area contributed by atoms with Gasteiger partial charge in [-0.25, -0.2) is 17.5 Å². The van der Waals surface area contributed by atoms with E-state index in [1.807, 2.05) is 6.07 Å². The van der Waals surface area contributed by atoms with Gasteiger partial charge in [0.05, 0.1) is 5.56 Å². The highest BCUT2D eigenvalue weighted by Gasteiger charge is 2.30. The van der Waals surface area contributed by atoms with Crippen LogP contribution in [0.5, 0.6) is 0 Å². The van der Waals surface area contributed by atoms with Gasteiger partial charge in [-0.3, -0.25) is 0 Å². The number of carbonyl (C=O) groups excluding carboxylic acids is 1. The summed E-state index contributed by atoms with van der Waals surface area (Å²) >= 11 is 0. The predicted octanol–water partition coefficient (Wildman–Crippen LogP) is 2.00. The van der Waals surface area contributed by atoms with Gasteiger partial charge in [0.25, 0.3) is 10.0 Å². The first-order valence-electron chi connectivity index (χ1n) is 6.58. The van der Waals surface area contributed by atoms with Gasteiger partial charge in [-0.15, -0.1) is 0 Å². The third-order valence-corrected chi connectivity index (χ3v) is 4.74. The number of carbonyl (C=O) groups is 1. The molecular weight excluding hydrogens is 290 g/mol. The van der Waals surface area contributed by atoms with E-state index in [1.165, 1.54) is 6.07 Å². The van der Waals surface area contributed by atoms with Crippen LogP contribution in [0.3, 0.4) is 0 Å². The lowest BCUT2D eigenvalue weighted by Gasteiger charge is -2.23. The first-order valence-corrected chi connectivity index (χ1v) is 8.02. The van der Waals surface area contributed by atoms with Crippen molar-refractivity contribution in [1.82, 2.24) is 9.62 Å². The number of nitrogens with zero attached hydrogens (tertiary/aromatic N) is 2. The first kappa shape index (κ1) is 17.0. The number of rotatable bonds is 4. The molecule has 0 saturated carbocycles. The molecule has 1 aromatic carbocycles. The molecule has 1 rings (SSSR count). The minimum absolute atomic E-state index is 0.0142. The third-order valence-electron chi connectivity index (χ3n) is 2.84. The number of hydrogen-bond donors (Lipinski definition) is 1. The molecule has 6 nitrogen and oxygen atoms in total. The quantitative estimate of drug-likeness (QED) is 0.921. The first-order chi connectivity index (χ1) is 9.75. The zero-order chi connectivity index (χ0) is 16.2. The third kappa shape index (κ3) is 3.52. The molecule has 1 N–H and O–H groups in total. The topological polar surface area (TPSA) is 90.3 Å². The van der Waals surface area contributed by atoms with Gasteiger partial charge >= 0.3 is 6.03 Å². The van der Waals surface area contributed by atoms with Gasteiger partial charge in [-0.1, -0.05) is 12.1 Å². The van der Waals surface area contributed by atoms with Crippen LogP contribution in [0.25, 0.3) is 0 Å². The monoisotopic (exact) mass is 309 g/mol. The Balaban J connectivity index is 3.36. The normalized spacial score (nSPS) is 11.0. The molecule has 0 aliphatic rings. The van der Waals surface area contributed by atoms with E-state index >= 15 is 0 Å². The fourth-order valence-electron chi connectivity index (χ4n) is 1.86. The average Bonchev–Trinajstić information content (AvgIpc) is 2.37. The molecule has 0 bridgehead atoms. The molecule has 0 aliphatic carbocycles. The molecule has 0 saturated heterocycles. The summed E-state index contributed by atoms with van der Waals surface area (Å²) in [4.78, 5) is 11.9. The Labute approximate surface area is 125 Å². The summed E-state index contributed by atoms with van der Waals surface area (Å²) in [7, 11) is -4.06. The number of benzene rings is 1. The summed E-state index contributed by atoms with van der Waals surface area (Å²) in [6.45, 7) is 6.69. The predicted molar refractivity (Wildman–Crippen MR) is 79.1 cm³/mol. The van der Waals surface area contributed by atoms with Gasteiger partial charge < -0.3 is 5.32 Å². The van der Waals surface area contributed by atoms with E-state index in [9.17, 15) is 13.2 Å². The minimum atomic E-state index is -4.06. The maximum Gasteiger partial charge on any atom is 0.331 e. The van der Waals surface area contributed by atoms with Crippen LogP contribution in [0, 0.1) is 18.3 Å². The molecule has 0 radical (unpaired) electrons. The van der Waals surface area contributed by atoms with Gasteiger partial charge in [0, 0.05) is 12.6 Å². The summed E-state index contributed by atoms with van der Waals surface area (Å²) in [5.41, 5.74) is 0.618. The molecule has 0 fully saturated rings. The van der Waals surface area contributed by atoms with Crippen molar-refractivity contribution >= 4 is 16.1 Å². The molecule has 7 heteroatoms. The summed E-state index contributed by atoms with van der Waals surface area (Å²) in [6.07, 6.45) is 0. The van der Waals surface area contributed by atoms with Crippen LogP contribution < -0.4 is 5.32 Å². The van der Waals surface area contributed by atoms with Crippen LogP contribution >= 0.6 is 0 Å². The SMILES string of the molecule is CCN(C(=O)NC(C)C)S(=O)(=O)c1cccc(C)c1C#N. The smallest absolute Gasteiger partial charge is 0.331 e. The van der Waals surface area contributed by atoms with Crippen molar-refractivity contribution in [2.45, 2.75) is 38.6 Å². The summed E-state index contributed by atoms with van der Waals surface area (Å²) in [5, 5.41) is 11.7. The highest BCUT2D eigenvalue weighted by molar-refractivity contribution is 7.89. The molecule has 0 atom stereocenters. The molecule has 0 spiro atoms. The zero-order valence-electron chi connectivity index (χ0n) is 12.5. The standard InChI is InChI=1S/C14H19N3O3S/c1-5-17(14(18)16-10(2)3)21(19,20)13-8-6-7-11(4)12(13)9-15/h6-8,10H,5H2,1-4H3,(H,16,18). The van der Waals surface area contributed by atoms with Crippen molar-refractivity contribution in [2.75, 3.05) is 6.54 Å². The van der Waals surface area contributed by atoms with Crippen molar-refractivity contribution < 1.29 is 13.2 Å². The van der Waals surface area contributed by atoms with E-state index in [0.717, 1.165) is 4.31 Å². The van der Waals surface area contributed by atoms with Gasteiger partial charge in [-0.2, -0.15) is 5.26 Å². The highest BCUT2D eigenvalue weighted by atomic mass is 32.2. The van der Waals surface area contributed by atoms with Gasteiger partial charge in [0.15, 0.2) is 0 Å². The number of aryl methyl sites for hydroxylation is 1. The molecule has 0 heterocycles. The lowest BCUT2D eigenvalue weighted by atomic mass is 10.1. The Morgan fingerprint density at radius 1 is 1.43 bits per heavy atom. The molecule has 21 heavy (non-hydrogen) atoms. The van der Waals surface area contributed by atoms with Gasteiger partial charge in [-0.05, 0) is 39.3 Å². The largest absolute Gasteiger partial charge is 0.335 e. The number of sulfonamides is 1. The number of nitrogens with one attached hydrogen (secondary N) is 1. The van der Waals surface area contributed by atoms with E-state index in [4.69, 9.17) is 5.26 Å². The lowest BCUT2D eigenvalue weighted by molar-refractivity contribution is 0.222. The summed E-state index contributed by atoms with van der Waals surface area (Å²) in [5.74, 6) is 0. The van der Waals surface area contributed by atoms with Crippen molar-refractivity contribution in [1.29, 1.82) is 5.26 Å². The van der Waals surface area contributed by atoms with Gasteiger partial charge in [0.2, 0.25) is 0 Å². The molecule has 0 aromatic heterocycles. The highest BCUT2D eigenvalue weighted by Crippen LogP contribution is 2.22. The number of hydrogen-bond acceptors (Lipinski definition) is 4. The fourth-order valence-corrected chi connectivity index (χ4v) is 3.42. The molecule has 114 valence electrons. The lowest BCUT2D eigenvalue weighted by Crippen LogP contribution is -2.46. The van der Waals surface area contributed by atoms with Crippen LogP contribution in [0.4, 0.5) is 4.79 Å². The van der Waals surface area contributed by atoms with Crippen molar-refractivity contribution in [2.24, 2.45) is 0 Å². The van der Waals surface area contributed by atoms with E-state index in [0.29, 0.717) is 5.56 Å². The van der Waals surface area contributed by atoms with E-state index in [2.05, 4.69) is 5.32 Å². The van der Waals surface area contributed by atoms with Crippen LogP contribution in [-0.4, -0.2) is 31.3 Å². The second kappa shape index (κ2) is 6.59. The van der Waals surface area contributed by atoms with Gasteiger partial charge in [0.1, 0.15) is 11.0 Å². The molecule has 0 unspecified atom stereocenters. The maximum atomic E-state index is 12.6. The van der Waals surface area contributed by atoms with E-state index in [-0.39, 0.29) is 23.0 Å². The Bertz CT molecular complexity index is 675. The van der Waals surface area contributed by atoms with Crippen LogP contribution in [0.2, 0.25) is 0 Å². The molecule has 0 aliphatic heterocycles.